The number of aryl methyl sites for hydroxylation is 1. The van der Waals surface area contributed by atoms with E-state index in [4.69, 9.17) is 17.5 Å². The highest BCUT2D eigenvalue weighted by atomic mass is 32.1. The summed E-state index contributed by atoms with van der Waals surface area (Å²) in [5.74, 6) is 0.367. The molecule has 0 spiro atoms. The Balaban J connectivity index is 1.95. The second-order valence-electron chi connectivity index (χ2n) is 5.09. The Bertz CT molecular complexity index is 745. The molecular formula is C16H15N3S. The van der Waals surface area contributed by atoms with Gasteiger partial charge in [0.15, 0.2) is 4.77 Å². The number of nitrogens with one attached hydrogen (secondary N) is 2. The number of nitrogens with zero attached hydrogens (tertiary/aromatic N) is 1. The van der Waals surface area contributed by atoms with Crippen LogP contribution < -0.4 is 0 Å². The van der Waals surface area contributed by atoms with Crippen molar-refractivity contribution in [2.45, 2.75) is 19.3 Å². The first-order valence-electron chi connectivity index (χ1n) is 6.72. The maximum absolute atomic E-state index is 9.08. The monoisotopic (exact) mass is 281 g/mol. The van der Waals surface area contributed by atoms with Gasteiger partial charge in [-0.25, -0.2) is 0 Å². The van der Waals surface area contributed by atoms with Crippen LogP contribution in [0, 0.1) is 22.0 Å². The van der Waals surface area contributed by atoms with Gasteiger partial charge in [0.1, 0.15) is 0 Å². The van der Waals surface area contributed by atoms with Gasteiger partial charge in [-0.1, -0.05) is 24.3 Å². The lowest BCUT2D eigenvalue weighted by molar-refractivity contribution is 0.580. The first-order chi connectivity index (χ1) is 9.78. The Labute approximate surface area is 123 Å². The minimum absolute atomic E-state index is 0.367. The van der Waals surface area contributed by atoms with Crippen molar-refractivity contribution in [1.29, 1.82) is 5.26 Å². The van der Waals surface area contributed by atoms with Crippen LogP contribution in [-0.2, 0) is 12.8 Å². The molecule has 1 heterocycles. The third-order valence-corrected chi connectivity index (χ3v) is 4.09. The number of aromatic amines is 2. The summed E-state index contributed by atoms with van der Waals surface area (Å²) >= 11 is 5.07. The number of hydrogen-bond acceptors (Lipinski definition) is 2. The van der Waals surface area contributed by atoms with Crippen molar-refractivity contribution in [1.82, 2.24) is 9.97 Å². The van der Waals surface area contributed by atoms with Crippen LogP contribution in [0.2, 0.25) is 0 Å². The third kappa shape index (κ3) is 2.45. The van der Waals surface area contributed by atoms with Crippen molar-refractivity contribution in [3.05, 3.63) is 58.1 Å². The number of benzene rings is 1. The van der Waals surface area contributed by atoms with E-state index in [1.165, 1.54) is 11.1 Å². The molecule has 0 saturated heterocycles. The number of H-pyrrole nitrogens is 2. The number of nitriles is 1. The van der Waals surface area contributed by atoms with Gasteiger partial charge in [-0.15, -0.1) is 0 Å². The quantitative estimate of drug-likeness (QED) is 0.650. The molecule has 100 valence electrons. The molecule has 1 aromatic heterocycles. The van der Waals surface area contributed by atoms with Crippen LogP contribution in [0.1, 0.15) is 23.2 Å². The molecule has 3 rings (SSSR count). The van der Waals surface area contributed by atoms with E-state index in [1.807, 2.05) is 12.3 Å². The van der Waals surface area contributed by atoms with Gasteiger partial charge in [0.2, 0.25) is 0 Å². The molecule has 1 aromatic carbocycles. The second kappa shape index (κ2) is 5.48. The average molecular weight is 281 g/mol. The minimum Gasteiger partial charge on any atom is -0.337 e. The molecule has 0 amide bonds. The van der Waals surface area contributed by atoms with Gasteiger partial charge >= 0.3 is 0 Å². The standard InChI is InChI=1S/C16H15N3S/c17-8-7-15-12(9-13-10-18-16(20)19-13)6-5-11-3-1-2-4-14(11)15/h1-4,7,10,12H,5-6,9H2,(H2,18,19,20)/b15-7-. The van der Waals surface area contributed by atoms with Crippen LogP contribution in [0.3, 0.4) is 0 Å². The van der Waals surface area contributed by atoms with Gasteiger partial charge in [-0.2, -0.15) is 5.26 Å². The van der Waals surface area contributed by atoms with E-state index in [-0.39, 0.29) is 0 Å². The highest BCUT2D eigenvalue weighted by Crippen LogP contribution is 2.36. The maximum Gasteiger partial charge on any atom is 0.174 e. The summed E-state index contributed by atoms with van der Waals surface area (Å²) in [6.07, 6.45) is 6.64. The number of fused-ring (bicyclic) bond motifs is 1. The second-order valence-corrected chi connectivity index (χ2v) is 5.50. The van der Waals surface area contributed by atoms with E-state index in [0.29, 0.717) is 10.7 Å². The molecule has 1 aliphatic rings. The normalized spacial score (nSPS) is 19.6. The van der Waals surface area contributed by atoms with E-state index >= 15 is 0 Å². The first kappa shape index (κ1) is 12.9. The van der Waals surface area contributed by atoms with Crippen LogP contribution in [0.25, 0.3) is 5.57 Å². The Kier molecular flexibility index (Phi) is 3.53. The molecule has 0 saturated carbocycles. The zero-order valence-electron chi connectivity index (χ0n) is 11.0. The SMILES string of the molecule is N#C/C=C1\c2ccccc2CCC1Cc1c[nH]c(=S)[nH]1. The zero-order valence-corrected chi connectivity index (χ0v) is 11.8. The van der Waals surface area contributed by atoms with E-state index < -0.39 is 0 Å². The topological polar surface area (TPSA) is 55.4 Å². The fourth-order valence-electron chi connectivity index (χ4n) is 2.95. The van der Waals surface area contributed by atoms with Crippen LogP contribution in [0.15, 0.2) is 36.5 Å². The molecule has 0 fully saturated rings. The maximum atomic E-state index is 9.08. The minimum atomic E-state index is 0.367. The first-order valence-corrected chi connectivity index (χ1v) is 7.13. The Hall–Kier alpha value is -2.12. The number of allylic oxidation sites excluding steroid dienone is 2. The molecule has 20 heavy (non-hydrogen) atoms. The number of imidazole rings is 1. The lowest BCUT2D eigenvalue weighted by Crippen LogP contribution is -2.15. The van der Waals surface area contributed by atoms with Crippen molar-refractivity contribution in [2.24, 2.45) is 5.92 Å². The highest BCUT2D eigenvalue weighted by Gasteiger charge is 2.24. The van der Waals surface area contributed by atoms with E-state index in [0.717, 1.165) is 30.5 Å². The molecule has 2 N–H and O–H groups in total. The van der Waals surface area contributed by atoms with Gasteiger partial charge in [0, 0.05) is 18.0 Å². The fraction of sp³-hybridized carbons (Fsp3) is 0.250. The van der Waals surface area contributed by atoms with Gasteiger partial charge in [-0.05, 0) is 54.1 Å². The number of hydrogen-bond donors (Lipinski definition) is 2. The number of aromatic nitrogens is 2. The van der Waals surface area contributed by atoms with E-state index in [9.17, 15) is 0 Å². The highest BCUT2D eigenvalue weighted by molar-refractivity contribution is 7.71. The molecular weight excluding hydrogens is 266 g/mol. The summed E-state index contributed by atoms with van der Waals surface area (Å²) in [5.41, 5.74) is 4.81. The molecule has 3 nitrogen and oxygen atoms in total. The Morgan fingerprint density at radius 3 is 3.00 bits per heavy atom. The molecule has 1 unspecified atom stereocenters. The zero-order chi connectivity index (χ0) is 13.9. The van der Waals surface area contributed by atoms with E-state index in [1.54, 1.807) is 6.08 Å². The molecule has 1 atom stereocenters. The summed E-state index contributed by atoms with van der Waals surface area (Å²) < 4.78 is 0.655. The van der Waals surface area contributed by atoms with Gasteiger partial charge in [0.25, 0.3) is 0 Å². The Morgan fingerprint density at radius 2 is 2.25 bits per heavy atom. The molecule has 4 heteroatoms. The van der Waals surface area contributed by atoms with Crippen LogP contribution >= 0.6 is 12.2 Å². The molecule has 1 aliphatic carbocycles. The third-order valence-electron chi connectivity index (χ3n) is 3.87. The van der Waals surface area contributed by atoms with Crippen molar-refractivity contribution < 1.29 is 0 Å². The fourth-order valence-corrected chi connectivity index (χ4v) is 3.14. The lowest BCUT2D eigenvalue weighted by atomic mass is 9.77. The molecule has 0 bridgehead atoms. The Morgan fingerprint density at radius 1 is 1.40 bits per heavy atom. The predicted molar refractivity (Wildman–Crippen MR) is 81.5 cm³/mol. The van der Waals surface area contributed by atoms with E-state index in [2.05, 4.69) is 34.2 Å². The summed E-state index contributed by atoms with van der Waals surface area (Å²) in [5, 5.41) is 9.08. The largest absolute Gasteiger partial charge is 0.337 e. The van der Waals surface area contributed by atoms with Gasteiger partial charge in [-0.3, -0.25) is 0 Å². The summed E-state index contributed by atoms with van der Waals surface area (Å²) in [4.78, 5) is 6.16. The van der Waals surface area contributed by atoms with Gasteiger partial charge in [0.05, 0.1) is 6.07 Å². The summed E-state index contributed by atoms with van der Waals surface area (Å²) in [6, 6.07) is 10.6. The number of rotatable bonds is 2. The van der Waals surface area contributed by atoms with Crippen LogP contribution in [0.4, 0.5) is 0 Å². The smallest absolute Gasteiger partial charge is 0.174 e. The predicted octanol–water partition coefficient (Wildman–Crippen LogP) is 3.78. The van der Waals surface area contributed by atoms with Crippen molar-refractivity contribution in [3.8, 4) is 6.07 Å². The lowest BCUT2D eigenvalue weighted by Gasteiger charge is -2.27. The van der Waals surface area contributed by atoms with Gasteiger partial charge < -0.3 is 9.97 Å². The average Bonchev–Trinajstić information content (AvgIpc) is 2.87. The van der Waals surface area contributed by atoms with Crippen molar-refractivity contribution in [2.75, 3.05) is 0 Å². The molecule has 2 aromatic rings. The van der Waals surface area contributed by atoms with Crippen LogP contribution in [0.5, 0.6) is 0 Å². The van der Waals surface area contributed by atoms with Crippen LogP contribution in [-0.4, -0.2) is 9.97 Å². The van der Waals surface area contributed by atoms with Crippen molar-refractivity contribution in [3.63, 3.8) is 0 Å². The summed E-state index contributed by atoms with van der Waals surface area (Å²) in [6.45, 7) is 0. The van der Waals surface area contributed by atoms with Crippen molar-refractivity contribution >= 4 is 17.8 Å². The molecule has 0 radical (unpaired) electrons. The molecule has 0 aliphatic heterocycles. The summed E-state index contributed by atoms with van der Waals surface area (Å²) in [7, 11) is 0.